The van der Waals surface area contributed by atoms with E-state index >= 15 is 0 Å². The van der Waals surface area contributed by atoms with Crippen LogP contribution in [0.4, 0.5) is 0 Å². The molecule has 2 N–H and O–H groups in total. The van der Waals surface area contributed by atoms with Gasteiger partial charge in [0.25, 0.3) is 0 Å². The fraction of sp³-hybridized carbons (Fsp3) is 0.250. The lowest BCUT2D eigenvalue weighted by Gasteiger charge is -1.96. The van der Waals surface area contributed by atoms with Crippen LogP contribution in [0.25, 0.3) is 11.4 Å². The first-order valence-corrected chi connectivity index (χ1v) is 6.48. The first-order valence-electron chi connectivity index (χ1n) is 5.49. The standard InChI is InChI=1S/C12H13N3O2S/c1-8-3-2-4-9(7-8)11-13-12(15-14-11)18-6-5-10(16)17/h2-4,7H,5-6H2,1H3,(H,16,17)(H,13,14,15). The molecule has 0 aliphatic heterocycles. The maximum absolute atomic E-state index is 10.4. The monoisotopic (exact) mass is 263 g/mol. The second kappa shape index (κ2) is 5.68. The lowest BCUT2D eigenvalue weighted by molar-refractivity contribution is -0.136. The third-order valence-corrected chi connectivity index (χ3v) is 3.15. The zero-order valence-corrected chi connectivity index (χ0v) is 10.7. The highest BCUT2D eigenvalue weighted by Gasteiger charge is 2.07. The molecule has 0 amide bonds. The number of hydrogen-bond acceptors (Lipinski definition) is 4. The van der Waals surface area contributed by atoms with Crippen molar-refractivity contribution in [3.63, 3.8) is 0 Å². The van der Waals surface area contributed by atoms with E-state index in [0.717, 1.165) is 11.1 Å². The Morgan fingerprint density at radius 2 is 2.33 bits per heavy atom. The van der Waals surface area contributed by atoms with Crippen molar-refractivity contribution in [1.29, 1.82) is 0 Å². The molecule has 0 unspecified atom stereocenters. The van der Waals surface area contributed by atoms with E-state index in [1.54, 1.807) is 0 Å². The fourth-order valence-electron chi connectivity index (χ4n) is 1.46. The second-order valence-electron chi connectivity index (χ2n) is 3.83. The molecule has 6 heteroatoms. The molecule has 0 saturated heterocycles. The van der Waals surface area contributed by atoms with Crippen LogP contribution in [0.15, 0.2) is 29.4 Å². The summed E-state index contributed by atoms with van der Waals surface area (Å²) in [7, 11) is 0. The molecule has 5 nitrogen and oxygen atoms in total. The van der Waals surface area contributed by atoms with E-state index < -0.39 is 5.97 Å². The SMILES string of the molecule is Cc1cccc(-c2nc(SCCC(=O)O)n[nH]2)c1. The summed E-state index contributed by atoms with van der Waals surface area (Å²) in [6, 6.07) is 7.96. The topological polar surface area (TPSA) is 78.9 Å². The number of aromatic nitrogens is 3. The van der Waals surface area contributed by atoms with Gasteiger partial charge in [-0.25, -0.2) is 4.98 Å². The molecule has 18 heavy (non-hydrogen) atoms. The molecular weight excluding hydrogens is 250 g/mol. The maximum atomic E-state index is 10.4. The number of nitrogens with one attached hydrogen (secondary N) is 1. The number of aliphatic carboxylic acids is 1. The first-order chi connectivity index (χ1) is 8.65. The van der Waals surface area contributed by atoms with E-state index in [4.69, 9.17) is 5.11 Å². The molecule has 0 atom stereocenters. The number of carboxylic acids is 1. The van der Waals surface area contributed by atoms with Crippen molar-refractivity contribution in [1.82, 2.24) is 15.2 Å². The number of aromatic amines is 1. The summed E-state index contributed by atoms with van der Waals surface area (Å²) >= 11 is 1.33. The Hall–Kier alpha value is -1.82. The van der Waals surface area contributed by atoms with Crippen LogP contribution in [0.5, 0.6) is 0 Å². The molecule has 0 saturated carbocycles. The van der Waals surface area contributed by atoms with Crippen molar-refractivity contribution in [2.24, 2.45) is 0 Å². The average Bonchev–Trinajstić information content (AvgIpc) is 2.77. The van der Waals surface area contributed by atoms with Gasteiger partial charge in [0.2, 0.25) is 5.16 Å². The van der Waals surface area contributed by atoms with Crippen molar-refractivity contribution in [3.05, 3.63) is 29.8 Å². The van der Waals surface area contributed by atoms with Crippen LogP contribution in [-0.2, 0) is 4.79 Å². The number of rotatable bonds is 5. The smallest absolute Gasteiger partial charge is 0.304 e. The maximum Gasteiger partial charge on any atom is 0.304 e. The predicted octanol–water partition coefficient (Wildman–Crippen LogP) is 2.35. The second-order valence-corrected chi connectivity index (χ2v) is 4.89. The van der Waals surface area contributed by atoms with Crippen LogP contribution in [0.2, 0.25) is 0 Å². The van der Waals surface area contributed by atoms with Gasteiger partial charge in [-0.2, -0.15) is 0 Å². The third-order valence-electron chi connectivity index (χ3n) is 2.30. The highest BCUT2D eigenvalue weighted by atomic mass is 32.2. The van der Waals surface area contributed by atoms with Gasteiger partial charge in [0, 0.05) is 11.3 Å². The van der Waals surface area contributed by atoms with Gasteiger partial charge in [-0.05, 0) is 13.0 Å². The summed E-state index contributed by atoms with van der Waals surface area (Å²) < 4.78 is 0. The molecule has 0 bridgehead atoms. The Kier molecular flexibility index (Phi) is 3.99. The minimum absolute atomic E-state index is 0.110. The Labute approximate surface area is 109 Å². The molecule has 94 valence electrons. The van der Waals surface area contributed by atoms with Gasteiger partial charge in [0.05, 0.1) is 6.42 Å². The fourth-order valence-corrected chi connectivity index (χ4v) is 2.19. The number of carbonyl (C=O) groups is 1. The van der Waals surface area contributed by atoms with Gasteiger partial charge in [0.15, 0.2) is 5.82 Å². The lowest BCUT2D eigenvalue weighted by atomic mass is 10.1. The number of H-pyrrole nitrogens is 1. The summed E-state index contributed by atoms with van der Waals surface area (Å²) in [6.45, 7) is 2.02. The molecular formula is C12H13N3O2S. The lowest BCUT2D eigenvalue weighted by Crippen LogP contribution is -1.95. The quantitative estimate of drug-likeness (QED) is 0.809. The van der Waals surface area contributed by atoms with Crippen LogP contribution in [0, 0.1) is 6.92 Å². The molecule has 0 aliphatic rings. The van der Waals surface area contributed by atoms with Crippen LogP contribution in [-0.4, -0.2) is 32.0 Å². The highest BCUT2D eigenvalue weighted by Crippen LogP contribution is 2.20. The largest absolute Gasteiger partial charge is 0.481 e. The molecule has 1 aromatic heterocycles. The normalized spacial score (nSPS) is 10.5. The first kappa shape index (κ1) is 12.6. The van der Waals surface area contributed by atoms with Crippen molar-refractivity contribution in [2.75, 3.05) is 5.75 Å². The van der Waals surface area contributed by atoms with Crippen LogP contribution in [0.1, 0.15) is 12.0 Å². The molecule has 0 aliphatic carbocycles. The summed E-state index contributed by atoms with van der Waals surface area (Å²) in [5.41, 5.74) is 2.14. The molecule has 0 radical (unpaired) electrons. The summed E-state index contributed by atoms with van der Waals surface area (Å²) in [5.74, 6) is 0.369. The van der Waals surface area contributed by atoms with Crippen molar-refractivity contribution >= 4 is 17.7 Å². The molecule has 0 spiro atoms. The third kappa shape index (κ3) is 3.33. The van der Waals surface area contributed by atoms with Crippen LogP contribution >= 0.6 is 11.8 Å². The Morgan fingerprint density at radius 3 is 3.06 bits per heavy atom. The van der Waals surface area contributed by atoms with Gasteiger partial charge in [-0.3, -0.25) is 9.89 Å². The van der Waals surface area contributed by atoms with E-state index in [0.29, 0.717) is 16.7 Å². The zero-order valence-electron chi connectivity index (χ0n) is 9.88. The van der Waals surface area contributed by atoms with E-state index in [-0.39, 0.29) is 6.42 Å². The molecule has 2 aromatic rings. The number of nitrogens with zero attached hydrogens (tertiary/aromatic N) is 2. The summed E-state index contributed by atoms with van der Waals surface area (Å²) in [5, 5.41) is 16.0. The number of thioether (sulfide) groups is 1. The molecule has 2 rings (SSSR count). The number of benzene rings is 1. The van der Waals surface area contributed by atoms with Crippen molar-refractivity contribution in [3.8, 4) is 11.4 Å². The van der Waals surface area contributed by atoms with Gasteiger partial charge >= 0.3 is 5.97 Å². The highest BCUT2D eigenvalue weighted by molar-refractivity contribution is 7.99. The van der Waals surface area contributed by atoms with Gasteiger partial charge in [0.1, 0.15) is 0 Å². The van der Waals surface area contributed by atoms with E-state index in [9.17, 15) is 4.79 Å². The minimum atomic E-state index is -0.808. The Balaban J connectivity index is 2.04. The van der Waals surface area contributed by atoms with E-state index in [1.165, 1.54) is 11.8 Å². The van der Waals surface area contributed by atoms with Gasteiger partial charge in [-0.15, -0.1) is 5.10 Å². The minimum Gasteiger partial charge on any atom is -0.481 e. The van der Waals surface area contributed by atoms with Crippen molar-refractivity contribution in [2.45, 2.75) is 18.5 Å². The van der Waals surface area contributed by atoms with Crippen LogP contribution < -0.4 is 0 Å². The summed E-state index contributed by atoms with van der Waals surface area (Å²) in [4.78, 5) is 14.7. The number of carboxylic acid groups (broad SMARTS) is 1. The van der Waals surface area contributed by atoms with E-state index in [1.807, 2.05) is 31.2 Å². The van der Waals surface area contributed by atoms with Crippen molar-refractivity contribution < 1.29 is 9.90 Å². The molecule has 1 aromatic carbocycles. The molecule has 1 heterocycles. The van der Waals surface area contributed by atoms with E-state index in [2.05, 4.69) is 15.2 Å². The number of aryl methyl sites for hydroxylation is 1. The number of hydrogen-bond donors (Lipinski definition) is 2. The summed E-state index contributed by atoms with van der Waals surface area (Å²) in [6.07, 6.45) is 0.110. The average molecular weight is 263 g/mol. The van der Waals surface area contributed by atoms with Gasteiger partial charge < -0.3 is 5.11 Å². The van der Waals surface area contributed by atoms with Gasteiger partial charge in [-0.1, -0.05) is 35.5 Å². The molecule has 0 fully saturated rings. The predicted molar refractivity (Wildman–Crippen MR) is 69.5 cm³/mol. The van der Waals surface area contributed by atoms with Crippen LogP contribution in [0.3, 0.4) is 0 Å². The Morgan fingerprint density at radius 1 is 1.50 bits per heavy atom. The Bertz CT molecular complexity index is 554. The zero-order chi connectivity index (χ0) is 13.0.